The SMILES string of the molecule is Cc1ccc(C2=NN(C(=O)CN3CCOc4ccccc4C3)C(c3ccco3)C2)cc1. The standard InChI is InChI=1S/C25H25N3O3/c1-18-8-10-19(11-9-18)21-15-22(24-7-4-13-30-24)28(26-21)25(29)17-27-12-14-31-23-6-3-2-5-20(23)16-27/h2-11,13,22H,12,14-17H2,1H3. The fourth-order valence-electron chi connectivity index (χ4n) is 4.14. The normalized spacial score (nSPS) is 18.8. The number of aryl methyl sites for hydroxylation is 1. The summed E-state index contributed by atoms with van der Waals surface area (Å²) in [5, 5.41) is 6.34. The van der Waals surface area contributed by atoms with Crippen molar-refractivity contribution in [2.75, 3.05) is 19.7 Å². The molecule has 1 amide bonds. The maximum Gasteiger partial charge on any atom is 0.257 e. The smallest absolute Gasteiger partial charge is 0.257 e. The van der Waals surface area contributed by atoms with Gasteiger partial charge in [-0.2, -0.15) is 5.10 Å². The number of carbonyl (C=O) groups is 1. The lowest BCUT2D eigenvalue weighted by Crippen LogP contribution is -2.38. The van der Waals surface area contributed by atoms with Crippen molar-refractivity contribution in [1.29, 1.82) is 0 Å². The van der Waals surface area contributed by atoms with Gasteiger partial charge in [0.15, 0.2) is 0 Å². The molecule has 6 nitrogen and oxygen atoms in total. The minimum Gasteiger partial charge on any atom is -0.492 e. The summed E-state index contributed by atoms with van der Waals surface area (Å²) in [6, 6.07) is 19.8. The van der Waals surface area contributed by atoms with Crippen molar-refractivity contribution in [3.05, 3.63) is 89.4 Å². The molecule has 2 aromatic carbocycles. The van der Waals surface area contributed by atoms with Crippen molar-refractivity contribution < 1.29 is 13.9 Å². The second-order valence-electron chi connectivity index (χ2n) is 8.05. The van der Waals surface area contributed by atoms with Crippen LogP contribution < -0.4 is 4.74 Å². The molecule has 0 bridgehead atoms. The second kappa shape index (κ2) is 8.40. The molecular formula is C25H25N3O3. The first kappa shape index (κ1) is 19.6. The molecule has 3 aromatic rings. The number of ether oxygens (including phenoxy) is 1. The van der Waals surface area contributed by atoms with E-state index in [-0.39, 0.29) is 18.5 Å². The number of fused-ring (bicyclic) bond motifs is 1. The number of hydrazone groups is 1. The first-order chi connectivity index (χ1) is 15.2. The van der Waals surface area contributed by atoms with Crippen LogP contribution >= 0.6 is 0 Å². The van der Waals surface area contributed by atoms with Gasteiger partial charge in [-0.05, 0) is 30.7 Å². The van der Waals surface area contributed by atoms with Crippen LogP contribution in [0.1, 0.15) is 34.9 Å². The summed E-state index contributed by atoms with van der Waals surface area (Å²) in [7, 11) is 0. The van der Waals surface area contributed by atoms with E-state index >= 15 is 0 Å². The summed E-state index contributed by atoms with van der Waals surface area (Å²) in [6.45, 7) is 4.26. The van der Waals surface area contributed by atoms with E-state index in [0.717, 1.165) is 28.3 Å². The highest BCUT2D eigenvalue weighted by molar-refractivity contribution is 6.03. The predicted molar refractivity (Wildman–Crippen MR) is 118 cm³/mol. The lowest BCUT2D eigenvalue weighted by molar-refractivity contribution is -0.134. The highest BCUT2D eigenvalue weighted by atomic mass is 16.5. The van der Waals surface area contributed by atoms with E-state index in [1.807, 2.05) is 36.4 Å². The van der Waals surface area contributed by atoms with E-state index in [1.54, 1.807) is 11.3 Å². The lowest BCUT2D eigenvalue weighted by atomic mass is 10.0. The van der Waals surface area contributed by atoms with E-state index < -0.39 is 0 Å². The monoisotopic (exact) mass is 415 g/mol. The molecule has 0 aliphatic carbocycles. The molecule has 3 heterocycles. The summed E-state index contributed by atoms with van der Waals surface area (Å²) in [5.74, 6) is 1.61. The largest absolute Gasteiger partial charge is 0.492 e. The zero-order chi connectivity index (χ0) is 21.2. The Morgan fingerprint density at radius 2 is 1.94 bits per heavy atom. The zero-order valence-corrected chi connectivity index (χ0v) is 17.5. The van der Waals surface area contributed by atoms with Crippen molar-refractivity contribution in [3.63, 3.8) is 0 Å². The number of hydrogen-bond donors (Lipinski definition) is 0. The molecule has 0 saturated carbocycles. The fourth-order valence-corrected chi connectivity index (χ4v) is 4.14. The molecule has 31 heavy (non-hydrogen) atoms. The molecule has 0 radical (unpaired) electrons. The number of hydrogen-bond acceptors (Lipinski definition) is 5. The molecule has 6 heteroatoms. The maximum absolute atomic E-state index is 13.4. The van der Waals surface area contributed by atoms with E-state index in [2.05, 4.69) is 36.1 Å². The number of nitrogens with zero attached hydrogens (tertiary/aromatic N) is 3. The first-order valence-corrected chi connectivity index (χ1v) is 10.6. The Morgan fingerprint density at radius 3 is 2.74 bits per heavy atom. The van der Waals surface area contributed by atoms with Gasteiger partial charge in [0, 0.05) is 25.1 Å². The summed E-state index contributed by atoms with van der Waals surface area (Å²) in [4.78, 5) is 15.5. The van der Waals surface area contributed by atoms with Gasteiger partial charge in [-0.15, -0.1) is 0 Å². The Bertz CT molecular complexity index is 1090. The van der Waals surface area contributed by atoms with Gasteiger partial charge < -0.3 is 9.15 Å². The van der Waals surface area contributed by atoms with Crippen LogP contribution in [0.25, 0.3) is 0 Å². The number of rotatable bonds is 4. The van der Waals surface area contributed by atoms with Gasteiger partial charge in [-0.3, -0.25) is 9.69 Å². The average Bonchev–Trinajstić information content (AvgIpc) is 3.41. The van der Waals surface area contributed by atoms with Gasteiger partial charge in [0.2, 0.25) is 0 Å². The van der Waals surface area contributed by atoms with E-state index in [1.165, 1.54) is 5.56 Å². The molecular weight excluding hydrogens is 390 g/mol. The van der Waals surface area contributed by atoms with Gasteiger partial charge >= 0.3 is 0 Å². The Morgan fingerprint density at radius 1 is 1.10 bits per heavy atom. The quantitative estimate of drug-likeness (QED) is 0.642. The molecule has 0 N–H and O–H groups in total. The average molecular weight is 415 g/mol. The molecule has 2 aliphatic rings. The Hall–Kier alpha value is -3.38. The van der Waals surface area contributed by atoms with Crippen LogP contribution in [0.3, 0.4) is 0 Å². The minimum atomic E-state index is -0.227. The van der Waals surface area contributed by atoms with Gasteiger partial charge in [0.1, 0.15) is 24.2 Å². The molecule has 1 aromatic heterocycles. The van der Waals surface area contributed by atoms with Crippen molar-refractivity contribution in [2.24, 2.45) is 5.10 Å². The van der Waals surface area contributed by atoms with Gasteiger partial charge in [-0.25, -0.2) is 5.01 Å². The molecule has 0 spiro atoms. The topological polar surface area (TPSA) is 58.3 Å². The number of para-hydroxylation sites is 1. The second-order valence-corrected chi connectivity index (χ2v) is 8.05. The van der Waals surface area contributed by atoms with Crippen molar-refractivity contribution >= 4 is 11.6 Å². The van der Waals surface area contributed by atoms with Crippen LogP contribution in [-0.2, 0) is 11.3 Å². The number of carbonyl (C=O) groups excluding carboxylic acids is 1. The van der Waals surface area contributed by atoms with Gasteiger partial charge in [0.25, 0.3) is 5.91 Å². The van der Waals surface area contributed by atoms with Crippen molar-refractivity contribution in [2.45, 2.75) is 25.9 Å². The molecule has 5 rings (SSSR count). The summed E-state index contributed by atoms with van der Waals surface area (Å²) in [5.41, 5.74) is 4.23. The fraction of sp³-hybridized carbons (Fsp3) is 0.280. The minimum absolute atomic E-state index is 0.0390. The van der Waals surface area contributed by atoms with Crippen LogP contribution in [0.4, 0.5) is 0 Å². The van der Waals surface area contributed by atoms with Crippen LogP contribution in [-0.4, -0.2) is 41.2 Å². The Balaban J connectivity index is 1.37. The van der Waals surface area contributed by atoms with E-state index in [9.17, 15) is 4.79 Å². The molecule has 1 atom stereocenters. The maximum atomic E-state index is 13.4. The van der Waals surface area contributed by atoms with Crippen LogP contribution in [0.5, 0.6) is 5.75 Å². The van der Waals surface area contributed by atoms with Crippen molar-refractivity contribution in [3.8, 4) is 5.75 Å². The lowest BCUT2D eigenvalue weighted by Gasteiger charge is -2.24. The molecule has 0 fully saturated rings. The zero-order valence-electron chi connectivity index (χ0n) is 17.5. The number of benzene rings is 2. The highest BCUT2D eigenvalue weighted by Crippen LogP contribution is 2.33. The van der Waals surface area contributed by atoms with Gasteiger partial charge in [0.05, 0.1) is 18.5 Å². The van der Waals surface area contributed by atoms with Crippen molar-refractivity contribution in [1.82, 2.24) is 9.91 Å². The number of furan rings is 1. The van der Waals surface area contributed by atoms with Crippen LogP contribution in [0, 0.1) is 6.92 Å². The highest BCUT2D eigenvalue weighted by Gasteiger charge is 2.35. The Kier molecular flexibility index (Phi) is 5.30. The summed E-state index contributed by atoms with van der Waals surface area (Å²) < 4.78 is 11.5. The van der Waals surface area contributed by atoms with Crippen LogP contribution in [0.2, 0.25) is 0 Å². The van der Waals surface area contributed by atoms with Gasteiger partial charge in [-0.1, -0.05) is 48.0 Å². The summed E-state index contributed by atoms with van der Waals surface area (Å²) in [6.07, 6.45) is 2.28. The third-order valence-corrected chi connectivity index (χ3v) is 5.81. The summed E-state index contributed by atoms with van der Waals surface area (Å²) >= 11 is 0. The predicted octanol–water partition coefficient (Wildman–Crippen LogP) is 4.16. The third-order valence-electron chi connectivity index (χ3n) is 5.81. The number of amides is 1. The molecule has 1 unspecified atom stereocenters. The van der Waals surface area contributed by atoms with Crippen LogP contribution in [0.15, 0.2) is 76.4 Å². The Labute approximate surface area is 181 Å². The third kappa shape index (κ3) is 4.11. The molecule has 158 valence electrons. The first-order valence-electron chi connectivity index (χ1n) is 10.6. The van der Waals surface area contributed by atoms with E-state index in [0.29, 0.717) is 26.1 Å². The van der Waals surface area contributed by atoms with E-state index in [4.69, 9.17) is 14.3 Å². The molecule has 2 aliphatic heterocycles. The molecule has 0 saturated heterocycles.